The summed E-state index contributed by atoms with van der Waals surface area (Å²) in [6.45, 7) is 3.04. The fourth-order valence-corrected chi connectivity index (χ4v) is 2.78. The Balaban J connectivity index is 0.000000240. The van der Waals surface area contributed by atoms with Crippen LogP contribution in [0.3, 0.4) is 0 Å². The van der Waals surface area contributed by atoms with Crippen LogP contribution >= 0.6 is 0 Å². The van der Waals surface area contributed by atoms with Gasteiger partial charge in [-0.15, -0.1) is 0 Å². The van der Waals surface area contributed by atoms with Gasteiger partial charge < -0.3 is 24.1 Å². The molecule has 0 spiro atoms. The molecule has 0 aromatic carbocycles. The first kappa shape index (κ1) is 20.9. The summed E-state index contributed by atoms with van der Waals surface area (Å²) in [5.74, 6) is -0.522. The zero-order valence-electron chi connectivity index (χ0n) is 14.9. The number of esters is 2. The lowest BCUT2D eigenvalue weighted by Gasteiger charge is -2.26. The molecule has 7 heteroatoms. The van der Waals surface area contributed by atoms with Crippen molar-refractivity contribution < 1.29 is 33.6 Å². The van der Waals surface area contributed by atoms with E-state index < -0.39 is 0 Å². The van der Waals surface area contributed by atoms with E-state index >= 15 is 0 Å². The average Bonchev–Trinajstić information content (AvgIpc) is 2.67. The number of carbonyl (C=O) groups excluding carboxylic acids is 2. The molecule has 24 heavy (non-hydrogen) atoms. The predicted octanol–water partition coefficient (Wildman–Crippen LogP) is 1.31. The van der Waals surface area contributed by atoms with Crippen LogP contribution in [0, 0.1) is 11.8 Å². The van der Waals surface area contributed by atoms with Gasteiger partial charge in [0.25, 0.3) is 0 Å². The van der Waals surface area contributed by atoms with E-state index in [0.717, 1.165) is 32.1 Å². The molecule has 2 heterocycles. The number of hydrogen-bond acceptors (Lipinski definition) is 7. The van der Waals surface area contributed by atoms with Crippen LogP contribution in [0.4, 0.5) is 0 Å². The molecule has 0 bridgehead atoms. The SMILES string of the molecule is CCC1CCC(C(=O)OC)CO1.COC(=O)C1CCC(CO)OC1. The van der Waals surface area contributed by atoms with Crippen molar-refractivity contribution in [1.29, 1.82) is 0 Å². The van der Waals surface area contributed by atoms with Crippen LogP contribution in [0.15, 0.2) is 0 Å². The molecule has 4 unspecified atom stereocenters. The number of hydrogen-bond donors (Lipinski definition) is 1. The Bertz CT molecular complexity index is 333. The molecule has 7 nitrogen and oxygen atoms in total. The van der Waals surface area contributed by atoms with E-state index in [9.17, 15) is 9.59 Å². The van der Waals surface area contributed by atoms with Gasteiger partial charge in [-0.2, -0.15) is 0 Å². The molecular weight excluding hydrogens is 316 g/mol. The van der Waals surface area contributed by atoms with Gasteiger partial charge in [0, 0.05) is 0 Å². The summed E-state index contributed by atoms with van der Waals surface area (Å²) in [5, 5.41) is 8.73. The van der Waals surface area contributed by atoms with Crippen molar-refractivity contribution in [2.45, 2.75) is 51.2 Å². The quantitative estimate of drug-likeness (QED) is 0.767. The monoisotopic (exact) mass is 346 g/mol. The molecule has 0 aromatic heterocycles. The minimum absolute atomic E-state index is 0.0298. The van der Waals surface area contributed by atoms with Gasteiger partial charge >= 0.3 is 11.9 Å². The van der Waals surface area contributed by atoms with E-state index in [1.807, 2.05) is 0 Å². The van der Waals surface area contributed by atoms with Crippen LogP contribution in [0.25, 0.3) is 0 Å². The maximum Gasteiger partial charge on any atom is 0.311 e. The molecule has 0 saturated carbocycles. The van der Waals surface area contributed by atoms with E-state index in [2.05, 4.69) is 16.4 Å². The van der Waals surface area contributed by atoms with Gasteiger partial charge in [-0.3, -0.25) is 9.59 Å². The van der Waals surface area contributed by atoms with Crippen molar-refractivity contribution in [3.63, 3.8) is 0 Å². The summed E-state index contributed by atoms with van der Waals surface area (Å²) in [7, 11) is 2.80. The minimum atomic E-state index is -0.216. The molecule has 2 saturated heterocycles. The summed E-state index contributed by atoms with van der Waals surface area (Å²) < 4.78 is 19.9. The van der Waals surface area contributed by atoms with Crippen molar-refractivity contribution in [2.75, 3.05) is 34.0 Å². The Labute approximate surface area is 143 Å². The van der Waals surface area contributed by atoms with Gasteiger partial charge in [-0.05, 0) is 32.1 Å². The van der Waals surface area contributed by atoms with Gasteiger partial charge in [0.15, 0.2) is 0 Å². The Hall–Kier alpha value is -1.18. The van der Waals surface area contributed by atoms with Crippen LogP contribution < -0.4 is 0 Å². The molecule has 1 N–H and O–H groups in total. The number of aliphatic hydroxyl groups excluding tert-OH is 1. The lowest BCUT2D eigenvalue weighted by atomic mass is 9.97. The number of methoxy groups -OCH3 is 2. The van der Waals surface area contributed by atoms with Crippen molar-refractivity contribution in [3.8, 4) is 0 Å². The average molecular weight is 346 g/mol. The normalized spacial score (nSPS) is 29.8. The van der Waals surface area contributed by atoms with Gasteiger partial charge in [0.1, 0.15) is 0 Å². The third kappa shape index (κ3) is 6.75. The first-order valence-corrected chi connectivity index (χ1v) is 8.55. The van der Waals surface area contributed by atoms with Crippen LogP contribution in [0.1, 0.15) is 39.0 Å². The van der Waals surface area contributed by atoms with E-state index in [-0.39, 0.29) is 36.5 Å². The van der Waals surface area contributed by atoms with Gasteiger partial charge in [-0.1, -0.05) is 6.92 Å². The maximum absolute atomic E-state index is 11.1. The van der Waals surface area contributed by atoms with Gasteiger partial charge in [0.05, 0.1) is 58.1 Å². The van der Waals surface area contributed by atoms with Crippen LogP contribution in [0.5, 0.6) is 0 Å². The van der Waals surface area contributed by atoms with Crippen molar-refractivity contribution in [2.24, 2.45) is 11.8 Å². The molecule has 0 amide bonds. The van der Waals surface area contributed by atoms with E-state index in [1.54, 1.807) is 0 Å². The minimum Gasteiger partial charge on any atom is -0.469 e. The summed E-state index contributed by atoms with van der Waals surface area (Å²) in [6, 6.07) is 0. The molecule has 140 valence electrons. The number of ether oxygens (including phenoxy) is 4. The van der Waals surface area contributed by atoms with Gasteiger partial charge in [-0.25, -0.2) is 0 Å². The molecule has 0 aliphatic carbocycles. The fraction of sp³-hybridized carbons (Fsp3) is 0.882. The van der Waals surface area contributed by atoms with Crippen LogP contribution in [0.2, 0.25) is 0 Å². The number of carbonyl (C=O) groups is 2. The number of aliphatic hydroxyl groups is 1. The smallest absolute Gasteiger partial charge is 0.311 e. The summed E-state index contributed by atoms with van der Waals surface area (Å²) in [6.07, 6.45) is 4.67. The summed E-state index contributed by atoms with van der Waals surface area (Å²) in [4.78, 5) is 22.1. The predicted molar refractivity (Wildman–Crippen MR) is 86.3 cm³/mol. The molecular formula is C17H30O7. The third-order valence-corrected chi connectivity index (χ3v) is 4.47. The Morgan fingerprint density at radius 1 is 0.917 bits per heavy atom. The number of rotatable bonds is 4. The zero-order chi connectivity index (χ0) is 17.9. The van der Waals surface area contributed by atoms with Crippen LogP contribution in [-0.4, -0.2) is 63.3 Å². The molecule has 0 aromatic rings. The third-order valence-electron chi connectivity index (χ3n) is 4.47. The van der Waals surface area contributed by atoms with E-state index in [4.69, 9.17) is 14.6 Å². The first-order valence-electron chi connectivity index (χ1n) is 8.55. The van der Waals surface area contributed by atoms with E-state index in [1.165, 1.54) is 14.2 Å². The Kier molecular flexibility index (Phi) is 9.90. The van der Waals surface area contributed by atoms with Crippen molar-refractivity contribution in [3.05, 3.63) is 0 Å². The van der Waals surface area contributed by atoms with Crippen molar-refractivity contribution >= 4 is 11.9 Å². The molecule has 2 aliphatic heterocycles. The fourth-order valence-electron chi connectivity index (χ4n) is 2.78. The standard InChI is InChI=1S/C9H16O3.C8H14O4/c1-3-8-5-4-7(6-12-8)9(10)11-2;1-11-8(10)6-2-3-7(4-9)12-5-6/h7-8H,3-6H2,1-2H3;6-7,9H,2-5H2,1H3. The second-order valence-electron chi connectivity index (χ2n) is 6.10. The lowest BCUT2D eigenvalue weighted by Crippen LogP contribution is -2.33. The van der Waals surface area contributed by atoms with Crippen molar-refractivity contribution in [1.82, 2.24) is 0 Å². The molecule has 2 rings (SSSR count). The molecule has 4 atom stereocenters. The van der Waals surface area contributed by atoms with Gasteiger partial charge in [0.2, 0.25) is 0 Å². The van der Waals surface area contributed by atoms with Crippen LogP contribution in [-0.2, 0) is 28.5 Å². The second kappa shape index (κ2) is 11.4. The topological polar surface area (TPSA) is 91.3 Å². The Morgan fingerprint density at radius 3 is 1.67 bits per heavy atom. The summed E-state index contributed by atoms with van der Waals surface area (Å²) >= 11 is 0. The molecule has 0 radical (unpaired) electrons. The molecule has 2 aliphatic rings. The lowest BCUT2D eigenvalue weighted by molar-refractivity contribution is -0.153. The second-order valence-corrected chi connectivity index (χ2v) is 6.10. The Morgan fingerprint density at radius 2 is 1.38 bits per heavy atom. The highest BCUT2D eigenvalue weighted by Gasteiger charge is 2.27. The summed E-state index contributed by atoms with van der Waals surface area (Å²) in [5.41, 5.74) is 0. The zero-order valence-corrected chi connectivity index (χ0v) is 14.9. The molecule has 2 fully saturated rings. The maximum atomic E-state index is 11.1. The highest BCUT2D eigenvalue weighted by Crippen LogP contribution is 2.21. The largest absolute Gasteiger partial charge is 0.469 e. The van der Waals surface area contributed by atoms with E-state index in [0.29, 0.717) is 19.3 Å². The first-order chi connectivity index (χ1) is 11.5. The highest BCUT2D eigenvalue weighted by molar-refractivity contribution is 5.72. The highest BCUT2D eigenvalue weighted by atomic mass is 16.5.